The standard InChI is InChI=1S/C18H27N3O5Si/c1-3-12-25-27(26-13-4-2,15-9-6-5-7-10-15)14-8-11-21-17(23)19-16(22)20-18(21)24/h5-7,9-10H,3-4,8,11-14H2,1-2H3,(H2,19,20,22,23,24). The van der Waals surface area contributed by atoms with Gasteiger partial charge in [-0.2, -0.15) is 0 Å². The summed E-state index contributed by atoms with van der Waals surface area (Å²) in [6, 6.07) is 10.5. The van der Waals surface area contributed by atoms with Crippen molar-refractivity contribution < 1.29 is 8.85 Å². The van der Waals surface area contributed by atoms with Crippen molar-refractivity contribution in [2.45, 2.75) is 45.7 Å². The summed E-state index contributed by atoms with van der Waals surface area (Å²) < 4.78 is 13.5. The van der Waals surface area contributed by atoms with Gasteiger partial charge in [-0.05, 0) is 30.5 Å². The highest BCUT2D eigenvalue weighted by Gasteiger charge is 2.39. The SMILES string of the molecule is CCCO[Si](CCCn1c(=O)[nH]c(=O)[nH]c1=O)(OCCC)c1ccccc1. The fourth-order valence-electron chi connectivity index (χ4n) is 2.85. The van der Waals surface area contributed by atoms with Gasteiger partial charge in [0.2, 0.25) is 0 Å². The molecule has 0 atom stereocenters. The predicted molar refractivity (Wildman–Crippen MR) is 106 cm³/mol. The van der Waals surface area contributed by atoms with E-state index in [1.54, 1.807) is 0 Å². The molecule has 0 amide bonds. The molecule has 2 N–H and O–H groups in total. The van der Waals surface area contributed by atoms with Crippen molar-refractivity contribution in [1.82, 2.24) is 14.5 Å². The molecule has 0 aliphatic rings. The van der Waals surface area contributed by atoms with Crippen molar-refractivity contribution in [1.29, 1.82) is 0 Å². The van der Waals surface area contributed by atoms with Crippen molar-refractivity contribution in [2.75, 3.05) is 13.2 Å². The van der Waals surface area contributed by atoms with Crippen LogP contribution >= 0.6 is 0 Å². The number of hydrogen-bond acceptors (Lipinski definition) is 5. The summed E-state index contributed by atoms with van der Waals surface area (Å²) in [6.07, 6.45) is 2.26. The van der Waals surface area contributed by atoms with Gasteiger partial charge in [0, 0.05) is 19.8 Å². The van der Waals surface area contributed by atoms with Gasteiger partial charge in [0.25, 0.3) is 0 Å². The van der Waals surface area contributed by atoms with Crippen molar-refractivity contribution >= 4 is 13.7 Å². The van der Waals surface area contributed by atoms with Gasteiger partial charge >= 0.3 is 25.6 Å². The Bertz CT molecular complexity index is 833. The van der Waals surface area contributed by atoms with Gasteiger partial charge < -0.3 is 8.85 Å². The Morgan fingerprint density at radius 1 is 0.926 bits per heavy atom. The molecule has 0 fully saturated rings. The van der Waals surface area contributed by atoms with Gasteiger partial charge in [-0.25, -0.2) is 19.0 Å². The Kier molecular flexibility index (Phi) is 7.95. The van der Waals surface area contributed by atoms with E-state index in [9.17, 15) is 14.4 Å². The van der Waals surface area contributed by atoms with E-state index in [1.165, 1.54) is 0 Å². The summed E-state index contributed by atoms with van der Waals surface area (Å²) >= 11 is 0. The van der Waals surface area contributed by atoms with Gasteiger partial charge in [-0.15, -0.1) is 0 Å². The molecule has 1 aromatic carbocycles. The lowest BCUT2D eigenvalue weighted by Gasteiger charge is -2.31. The van der Waals surface area contributed by atoms with Crippen LogP contribution in [0.4, 0.5) is 0 Å². The van der Waals surface area contributed by atoms with Crippen molar-refractivity contribution in [3.05, 3.63) is 61.8 Å². The van der Waals surface area contributed by atoms with Gasteiger partial charge in [-0.1, -0.05) is 44.2 Å². The Labute approximate surface area is 158 Å². The van der Waals surface area contributed by atoms with E-state index >= 15 is 0 Å². The number of hydrogen-bond donors (Lipinski definition) is 2. The van der Waals surface area contributed by atoms with Gasteiger partial charge in [-0.3, -0.25) is 9.97 Å². The minimum Gasteiger partial charge on any atom is -0.391 e. The zero-order chi connectivity index (χ0) is 19.7. The number of benzene rings is 1. The summed E-state index contributed by atoms with van der Waals surface area (Å²) in [7, 11) is -2.71. The lowest BCUT2D eigenvalue weighted by atomic mass is 10.4. The Balaban J connectivity index is 2.24. The maximum Gasteiger partial charge on any atom is 0.372 e. The average Bonchev–Trinajstić information content (AvgIpc) is 2.66. The first-order valence-electron chi connectivity index (χ1n) is 9.29. The fraction of sp³-hybridized carbons (Fsp3) is 0.500. The van der Waals surface area contributed by atoms with E-state index in [-0.39, 0.29) is 6.54 Å². The summed E-state index contributed by atoms with van der Waals surface area (Å²) in [5.74, 6) is 0. The van der Waals surface area contributed by atoms with Crippen molar-refractivity contribution in [3.63, 3.8) is 0 Å². The summed E-state index contributed by atoms with van der Waals surface area (Å²) in [5, 5.41) is 1.04. The molecule has 0 saturated carbocycles. The van der Waals surface area contributed by atoms with Crippen LogP contribution in [0.15, 0.2) is 44.7 Å². The summed E-state index contributed by atoms with van der Waals surface area (Å²) in [5.41, 5.74) is -2.22. The second-order valence-electron chi connectivity index (χ2n) is 6.26. The first kappa shape index (κ1) is 21.1. The predicted octanol–water partition coefficient (Wildman–Crippen LogP) is 0.818. The minimum absolute atomic E-state index is 0.178. The molecule has 0 unspecified atom stereocenters. The molecule has 148 valence electrons. The molecular weight excluding hydrogens is 366 g/mol. The topological polar surface area (TPSA) is 106 Å². The molecule has 1 aromatic heterocycles. The molecule has 2 rings (SSSR count). The second kappa shape index (κ2) is 10.2. The lowest BCUT2D eigenvalue weighted by Crippen LogP contribution is -2.54. The third-order valence-corrected chi connectivity index (χ3v) is 7.68. The quantitative estimate of drug-likeness (QED) is 0.550. The highest BCUT2D eigenvalue weighted by atomic mass is 28.4. The molecule has 27 heavy (non-hydrogen) atoms. The van der Waals surface area contributed by atoms with Crippen LogP contribution in [-0.4, -0.2) is 36.3 Å². The van der Waals surface area contributed by atoms with Crippen LogP contribution in [0, 0.1) is 0 Å². The monoisotopic (exact) mass is 393 g/mol. The van der Waals surface area contributed by atoms with Gasteiger partial charge in [0.05, 0.1) is 0 Å². The van der Waals surface area contributed by atoms with E-state index in [0.717, 1.165) is 22.6 Å². The Morgan fingerprint density at radius 2 is 1.48 bits per heavy atom. The third kappa shape index (κ3) is 5.62. The molecule has 2 aromatic rings. The van der Waals surface area contributed by atoms with Gasteiger partial charge in [0.1, 0.15) is 0 Å². The maximum atomic E-state index is 11.9. The fourth-order valence-corrected chi connectivity index (χ4v) is 6.23. The number of nitrogens with one attached hydrogen (secondary N) is 2. The van der Waals surface area contributed by atoms with E-state index < -0.39 is 25.6 Å². The Hall–Kier alpha value is -2.23. The molecule has 0 radical (unpaired) electrons. The number of aromatic amines is 2. The molecular formula is C18H27N3O5Si. The second-order valence-corrected chi connectivity index (χ2v) is 9.42. The number of nitrogens with zero attached hydrogens (tertiary/aromatic N) is 1. The molecule has 1 heterocycles. The third-order valence-electron chi connectivity index (χ3n) is 4.11. The van der Waals surface area contributed by atoms with Crippen molar-refractivity contribution in [3.8, 4) is 0 Å². The molecule has 0 aliphatic heterocycles. The summed E-state index contributed by atoms with van der Waals surface area (Å²) in [4.78, 5) is 39.0. The molecule has 8 nitrogen and oxygen atoms in total. The summed E-state index contributed by atoms with van der Waals surface area (Å²) in [6.45, 7) is 5.44. The van der Waals surface area contributed by atoms with Crippen LogP contribution in [0.1, 0.15) is 33.1 Å². The zero-order valence-electron chi connectivity index (χ0n) is 15.8. The zero-order valence-corrected chi connectivity index (χ0v) is 16.8. The number of rotatable bonds is 11. The highest BCUT2D eigenvalue weighted by Crippen LogP contribution is 2.18. The lowest BCUT2D eigenvalue weighted by molar-refractivity contribution is 0.178. The van der Waals surface area contributed by atoms with Crippen molar-refractivity contribution in [2.24, 2.45) is 0 Å². The average molecular weight is 394 g/mol. The first-order valence-corrected chi connectivity index (χ1v) is 11.3. The minimum atomic E-state index is -2.71. The van der Waals surface area contributed by atoms with Crippen LogP contribution in [0.25, 0.3) is 0 Å². The van der Waals surface area contributed by atoms with E-state index in [1.807, 2.05) is 44.2 Å². The first-order chi connectivity index (χ1) is 13.0. The normalized spacial score (nSPS) is 11.6. The number of aromatic nitrogens is 3. The van der Waals surface area contributed by atoms with Crippen LogP contribution < -0.4 is 22.3 Å². The molecule has 9 heteroatoms. The van der Waals surface area contributed by atoms with E-state index in [4.69, 9.17) is 8.85 Å². The molecule has 0 bridgehead atoms. The largest absolute Gasteiger partial charge is 0.391 e. The van der Waals surface area contributed by atoms with Gasteiger partial charge in [0.15, 0.2) is 0 Å². The maximum absolute atomic E-state index is 11.9. The number of H-pyrrole nitrogens is 2. The molecule has 0 spiro atoms. The highest BCUT2D eigenvalue weighted by molar-refractivity contribution is 6.81. The van der Waals surface area contributed by atoms with Crippen LogP contribution in [-0.2, 0) is 15.4 Å². The Morgan fingerprint density at radius 3 is 2.00 bits per heavy atom. The van der Waals surface area contributed by atoms with Crippen LogP contribution in [0.3, 0.4) is 0 Å². The van der Waals surface area contributed by atoms with Crippen LogP contribution in [0.5, 0.6) is 0 Å². The molecule has 0 aliphatic carbocycles. The van der Waals surface area contributed by atoms with E-state index in [0.29, 0.717) is 25.7 Å². The smallest absolute Gasteiger partial charge is 0.372 e. The van der Waals surface area contributed by atoms with E-state index in [2.05, 4.69) is 9.97 Å². The molecule has 0 saturated heterocycles. The van der Waals surface area contributed by atoms with Crippen LogP contribution in [0.2, 0.25) is 6.04 Å².